The fourth-order valence-corrected chi connectivity index (χ4v) is 6.00. The minimum atomic E-state index is -4.88. The molecule has 0 aliphatic heterocycles. The number of pyridine rings is 1. The average Bonchev–Trinajstić information content (AvgIpc) is 3.73. The summed E-state index contributed by atoms with van der Waals surface area (Å²) in [5, 5.41) is 15.3. The van der Waals surface area contributed by atoms with Crippen molar-refractivity contribution < 1.29 is 26.6 Å². The molecule has 13 heteroatoms. The SMILES string of the molecule is CC(C)(C)[S@](=O)NC(CCC1CC1)(c1cccnc1)c1ccc(F)c(NC(=O)c2cc(C(F)(F)F)nn2-c2cccc(C#N)c2)c1. The first-order chi connectivity index (χ1) is 21.7. The van der Waals surface area contributed by atoms with E-state index in [0.29, 0.717) is 29.5 Å². The van der Waals surface area contributed by atoms with E-state index < -0.39 is 50.6 Å². The zero-order chi connectivity index (χ0) is 33.3. The van der Waals surface area contributed by atoms with Crippen LogP contribution in [0.3, 0.4) is 0 Å². The number of aromatic nitrogens is 3. The van der Waals surface area contributed by atoms with Crippen LogP contribution < -0.4 is 10.0 Å². The number of hydrogen-bond donors (Lipinski definition) is 2. The van der Waals surface area contributed by atoms with E-state index in [4.69, 9.17) is 0 Å². The smallest absolute Gasteiger partial charge is 0.318 e. The standard InChI is InChI=1S/C33H32F4N6O2S/c1-31(2,3)46(45)42-32(14-13-21-9-10-21,24-7-5-15-39-20-24)23-11-12-26(34)27(17-23)40-30(44)28-18-29(33(35,36)37)41-43(28)25-8-4-6-22(16-25)19-38/h4-8,11-12,15-18,20-21,42H,9-10,13-14H2,1-3H3,(H,40,44)/t32?,46-/m0/s1. The van der Waals surface area contributed by atoms with Crippen LogP contribution in [0.4, 0.5) is 23.2 Å². The Morgan fingerprint density at radius 3 is 2.46 bits per heavy atom. The van der Waals surface area contributed by atoms with Gasteiger partial charge in [0.15, 0.2) is 5.69 Å². The molecular formula is C33H32F4N6O2S. The number of amides is 1. The molecule has 1 unspecified atom stereocenters. The van der Waals surface area contributed by atoms with Crippen LogP contribution in [0.15, 0.2) is 73.1 Å². The van der Waals surface area contributed by atoms with Crippen molar-refractivity contribution in [1.82, 2.24) is 19.5 Å². The van der Waals surface area contributed by atoms with Crippen molar-refractivity contribution in [3.8, 4) is 11.8 Å². The van der Waals surface area contributed by atoms with Gasteiger partial charge < -0.3 is 5.32 Å². The van der Waals surface area contributed by atoms with Gasteiger partial charge in [0, 0.05) is 18.5 Å². The molecule has 8 nitrogen and oxygen atoms in total. The van der Waals surface area contributed by atoms with Gasteiger partial charge in [0.25, 0.3) is 5.91 Å². The summed E-state index contributed by atoms with van der Waals surface area (Å²) in [4.78, 5) is 17.9. The Bertz CT molecular complexity index is 1810. The lowest BCUT2D eigenvalue weighted by atomic mass is 9.80. The van der Waals surface area contributed by atoms with E-state index in [9.17, 15) is 27.4 Å². The Labute approximate surface area is 266 Å². The van der Waals surface area contributed by atoms with Gasteiger partial charge in [0.2, 0.25) is 0 Å². The van der Waals surface area contributed by atoms with Crippen molar-refractivity contribution in [2.45, 2.75) is 62.9 Å². The van der Waals surface area contributed by atoms with Crippen LogP contribution in [0.2, 0.25) is 0 Å². The molecule has 0 radical (unpaired) electrons. The van der Waals surface area contributed by atoms with Gasteiger partial charge in [-0.15, -0.1) is 0 Å². The van der Waals surface area contributed by atoms with Crippen molar-refractivity contribution in [2.24, 2.45) is 5.92 Å². The van der Waals surface area contributed by atoms with Crippen molar-refractivity contribution in [3.05, 3.63) is 107 Å². The van der Waals surface area contributed by atoms with E-state index in [1.54, 1.807) is 18.5 Å². The predicted molar refractivity (Wildman–Crippen MR) is 166 cm³/mol. The Kier molecular flexibility index (Phi) is 9.15. The molecule has 2 atom stereocenters. The molecule has 1 amide bonds. The van der Waals surface area contributed by atoms with Gasteiger partial charge in [-0.05, 0) is 87.1 Å². The Balaban J connectivity index is 1.59. The lowest BCUT2D eigenvalue weighted by Crippen LogP contribution is -2.49. The van der Waals surface area contributed by atoms with Gasteiger partial charge in [-0.2, -0.15) is 23.5 Å². The lowest BCUT2D eigenvalue weighted by molar-refractivity contribution is -0.141. The molecule has 0 spiro atoms. The first-order valence-electron chi connectivity index (χ1n) is 14.6. The number of alkyl halides is 3. The molecule has 2 aromatic carbocycles. The summed E-state index contributed by atoms with van der Waals surface area (Å²) in [5.74, 6) is -1.40. The molecular weight excluding hydrogens is 620 g/mol. The zero-order valence-corrected chi connectivity index (χ0v) is 26.2. The third kappa shape index (κ3) is 7.18. The highest BCUT2D eigenvalue weighted by Crippen LogP contribution is 2.42. The van der Waals surface area contributed by atoms with Crippen molar-refractivity contribution in [2.75, 3.05) is 5.32 Å². The topological polar surface area (TPSA) is 113 Å². The highest BCUT2D eigenvalue weighted by atomic mass is 32.2. The average molecular weight is 653 g/mol. The fraction of sp³-hybridized carbons (Fsp3) is 0.333. The molecule has 1 fully saturated rings. The number of nitrogens with one attached hydrogen (secondary N) is 2. The summed E-state index contributed by atoms with van der Waals surface area (Å²) in [5.41, 5.74) is -1.90. The van der Waals surface area contributed by atoms with Crippen molar-refractivity contribution >= 4 is 22.6 Å². The second-order valence-electron chi connectivity index (χ2n) is 12.2. The third-order valence-corrected chi connectivity index (χ3v) is 9.41. The van der Waals surface area contributed by atoms with Crippen molar-refractivity contribution in [3.63, 3.8) is 0 Å². The molecule has 1 saturated carbocycles. The molecule has 2 N–H and O–H groups in total. The van der Waals surface area contributed by atoms with Gasteiger partial charge in [-0.3, -0.25) is 9.78 Å². The summed E-state index contributed by atoms with van der Waals surface area (Å²) >= 11 is 0. The summed E-state index contributed by atoms with van der Waals surface area (Å²) in [6.45, 7) is 5.48. The minimum absolute atomic E-state index is 0.0402. The maximum absolute atomic E-state index is 15.4. The molecule has 1 aliphatic carbocycles. The quantitative estimate of drug-likeness (QED) is 0.179. The van der Waals surface area contributed by atoms with Gasteiger partial charge in [-0.25, -0.2) is 18.0 Å². The first-order valence-corrected chi connectivity index (χ1v) is 15.8. The number of nitriles is 1. The number of halogens is 4. The number of rotatable bonds is 10. The summed E-state index contributed by atoms with van der Waals surface area (Å²) in [6, 6.07) is 15.7. The van der Waals surface area contributed by atoms with E-state index in [-0.39, 0.29) is 16.9 Å². The number of carbonyl (C=O) groups excluding carboxylic acids is 1. The number of nitrogens with zero attached hydrogens (tertiary/aromatic N) is 4. The molecule has 2 aromatic heterocycles. The van der Waals surface area contributed by atoms with Crippen LogP contribution in [-0.4, -0.2) is 29.6 Å². The monoisotopic (exact) mass is 652 g/mol. The van der Waals surface area contributed by atoms with Gasteiger partial charge in [0.1, 0.15) is 11.5 Å². The summed E-state index contributed by atoms with van der Waals surface area (Å²) < 4.78 is 73.5. The molecule has 2 heterocycles. The molecule has 5 rings (SSSR count). The molecule has 0 bridgehead atoms. The Morgan fingerprint density at radius 2 is 1.83 bits per heavy atom. The third-order valence-electron chi connectivity index (χ3n) is 7.76. The van der Waals surface area contributed by atoms with Crippen LogP contribution in [0, 0.1) is 23.1 Å². The van der Waals surface area contributed by atoms with Crippen LogP contribution in [0.25, 0.3) is 5.69 Å². The Hall–Kier alpha value is -4.41. The summed E-state index contributed by atoms with van der Waals surface area (Å²) in [6.07, 6.45) is 1.79. The van der Waals surface area contributed by atoms with E-state index in [1.807, 2.05) is 32.9 Å². The second kappa shape index (κ2) is 12.8. The number of anilines is 1. The van der Waals surface area contributed by atoms with Crippen LogP contribution in [0.5, 0.6) is 0 Å². The molecule has 240 valence electrons. The molecule has 1 aliphatic rings. The van der Waals surface area contributed by atoms with Crippen molar-refractivity contribution in [1.29, 1.82) is 5.26 Å². The van der Waals surface area contributed by atoms with Gasteiger partial charge in [-0.1, -0.05) is 31.0 Å². The number of carbonyl (C=O) groups is 1. The highest BCUT2D eigenvalue weighted by molar-refractivity contribution is 7.84. The van der Waals surface area contributed by atoms with E-state index in [1.165, 1.54) is 36.4 Å². The zero-order valence-electron chi connectivity index (χ0n) is 25.4. The maximum Gasteiger partial charge on any atom is 0.435 e. The maximum atomic E-state index is 15.4. The van der Waals surface area contributed by atoms with Gasteiger partial charge in [0.05, 0.1) is 44.3 Å². The van der Waals surface area contributed by atoms with Crippen LogP contribution in [-0.2, 0) is 22.7 Å². The lowest BCUT2D eigenvalue weighted by Gasteiger charge is -2.38. The fourth-order valence-electron chi connectivity index (χ4n) is 5.04. The number of benzene rings is 2. The van der Waals surface area contributed by atoms with Gasteiger partial charge >= 0.3 is 6.18 Å². The summed E-state index contributed by atoms with van der Waals surface area (Å²) in [7, 11) is -1.59. The Morgan fingerprint density at radius 1 is 1.07 bits per heavy atom. The normalized spacial score (nSPS) is 15.5. The molecule has 0 saturated heterocycles. The van der Waals surface area contributed by atoms with Crippen LogP contribution in [0.1, 0.15) is 79.3 Å². The minimum Gasteiger partial charge on any atom is -0.318 e. The van der Waals surface area contributed by atoms with E-state index in [2.05, 4.69) is 20.1 Å². The highest BCUT2D eigenvalue weighted by Gasteiger charge is 2.41. The molecule has 46 heavy (non-hydrogen) atoms. The largest absolute Gasteiger partial charge is 0.435 e. The predicted octanol–water partition coefficient (Wildman–Crippen LogP) is 7.03. The first kappa shape index (κ1) is 33.0. The van der Waals surface area contributed by atoms with E-state index >= 15 is 4.39 Å². The number of hydrogen-bond acceptors (Lipinski definition) is 5. The second-order valence-corrected chi connectivity index (χ2v) is 14.2. The van der Waals surface area contributed by atoms with Crippen LogP contribution >= 0.6 is 0 Å². The molecule has 4 aromatic rings. The van der Waals surface area contributed by atoms with E-state index in [0.717, 1.165) is 30.0 Å².